The molecule has 1 amide bonds. The second kappa shape index (κ2) is 9.41. The van der Waals surface area contributed by atoms with Crippen LogP contribution in [0.2, 0.25) is 0 Å². The standard InChI is InChI=1S/C22H23N3O5S2/c1-3-31(27,28)25-21-14-11-19(15-16(21)2)23-22(26)17-9-12-20(13-10-17)32(29,30)24-18-7-5-4-6-8-18/h4-15,24-25H,3H2,1-2H3,(H,23,26). The van der Waals surface area contributed by atoms with E-state index in [9.17, 15) is 21.6 Å². The summed E-state index contributed by atoms with van der Waals surface area (Å²) in [5, 5.41) is 2.72. The van der Waals surface area contributed by atoms with E-state index in [0.717, 1.165) is 0 Å². The van der Waals surface area contributed by atoms with E-state index in [1.807, 2.05) is 0 Å². The molecule has 0 aliphatic heterocycles. The van der Waals surface area contributed by atoms with Crippen LogP contribution in [0, 0.1) is 6.92 Å². The van der Waals surface area contributed by atoms with Crippen molar-refractivity contribution in [3.63, 3.8) is 0 Å². The molecule has 0 aliphatic carbocycles. The molecule has 168 valence electrons. The van der Waals surface area contributed by atoms with Gasteiger partial charge in [-0.2, -0.15) is 0 Å². The Kier molecular flexibility index (Phi) is 6.85. The molecular weight excluding hydrogens is 450 g/mol. The van der Waals surface area contributed by atoms with Crippen molar-refractivity contribution in [3.05, 3.63) is 83.9 Å². The third-order valence-electron chi connectivity index (χ3n) is 4.58. The highest BCUT2D eigenvalue weighted by atomic mass is 32.2. The maximum absolute atomic E-state index is 12.5. The number of carbonyl (C=O) groups is 1. The van der Waals surface area contributed by atoms with Gasteiger partial charge in [-0.1, -0.05) is 18.2 Å². The number of sulfonamides is 2. The molecule has 8 nitrogen and oxygen atoms in total. The molecule has 3 N–H and O–H groups in total. The quantitative estimate of drug-likeness (QED) is 0.459. The lowest BCUT2D eigenvalue weighted by molar-refractivity contribution is 0.102. The Morgan fingerprint density at radius 3 is 2.06 bits per heavy atom. The summed E-state index contributed by atoms with van der Waals surface area (Å²) in [5.74, 6) is -0.469. The fourth-order valence-electron chi connectivity index (χ4n) is 2.80. The SMILES string of the molecule is CCS(=O)(=O)Nc1ccc(NC(=O)c2ccc(S(=O)(=O)Nc3ccccc3)cc2)cc1C. The summed E-state index contributed by atoms with van der Waals surface area (Å²) < 4.78 is 53.4. The molecule has 0 unspecified atom stereocenters. The van der Waals surface area contributed by atoms with Crippen LogP contribution >= 0.6 is 0 Å². The summed E-state index contributed by atoms with van der Waals surface area (Å²) in [7, 11) is -7.18. The molecule has 0 fully saturated rings. The molecule has 0 aliphatic rings. The van der Waals surface area contributed by atoms with Crippen LogP contribution in [0.25, 0.3) is 0 Å². The van der Waals surface area contributed by atoms with Gasteiger partial charge in [-0.3, -0.25) is 14.2 Å². The Bertz CT molecular complexity index is 1320. The van der Waals surface area contributed by atoms with Crippen molar-refractivity contribution in [1.29, 1.82) is 0 Å². The smallest absolute Gasteiger partial charge is 0.261 e. The van der Waals surface area contributed by atoms with Crippen LogP contribution in [0.5, 0.6) is 0 Å². The highest BCUT2D eigenvalue weighted by Crippen LogP contribution is 2.22. The van der Waals surface area contributed by atoms with Crippen molar-refractivity contribution in [3.8, 4) is 0 Å². The molecule has 3 aromatic carbocycles. The van der Waals surface area contributed by atoms with Gasteiger partial charge >= 0.3 is 0 Å². The molecule has 0 atom stereocenters. The summed E-state index contributed by atoms with van der Waals surface area (Å²) in [6, 6.07) is 18.9. The minimum Gasteiger partial charge on any atom is -0.322 e. The molecule has 0 aromatic heterocycles. The second-order valence-corrected chi connectivity index (χ2v) is 10.7. The van der Waals surface area contributed by atoms with Crippen molar-refractivity contribution < 1.29 is 21.6 Å². The molecule has 3 rings (SSSR count). The first-order valence-electron chi connectivity index (χ1n) is 9.70. The monoisotopic (exact) mass is 473 g/mol. The Balaban J connectivity index is 1.70. The molecular formula is C22H23N3O5S2. The van der Waals surface area contributed by atoms with E-state index in [1.54, 1.807) is 62.4 Å². The summed E-state index contributed by atoms with van der Waals surface area (Å²) in [5.41, 5.74) is 2.28. The third-order valence-corrected chi connectivity index (χ3v) is 7.27. The van der Waals surface area contributed by atoms with Gasteiger partial charge in [0.2, 0.25) is 10.0 Å². The number of para-hydroxylation sites is 1. The van der Waals surface area contributed by atoms with E-state index in [4.69, 9.17) is 0 Å². The summed E-state index contributed by atoms with van der Waals surface area (Å²) in [6.07, 6.45) is 0. The number of hydrogen-bond acceptors (Lipinski definition) is 5. The molecule has 0 bridgehead atoms. The van der Waals surface area contributed by atoms with Gasteiger partial charge in [-0.15, -0.1) is 0 Å². The van der Waals surface area contributed by atoms with Gasteiger partial charge in [0.1, 0.15) is 0 Å². The van der Waals surface area contributed by atoms with Crippen LogP contribution in [0.3, 0.4) is 0 Å². The van der Waals surface area contributed by atoms with Gasteiger partial charge in [0, 0.05) is 16.9 Å². The number of rotatable bonds is 8. The van der Waals surface area contributed by atoms with Crippen molar-refractivity contribution >= 4 is 43.0 Å². The zero-order valence-corrected chi connectivity index (χ0v) is 19.1. The van der Waals surface area contributed by atoms with Gasteiger partial charge in [-0.25, -0.2) is 16.8 Å². The maximum Gasteiger partial charge on any atom is 0.261 e. The van der Waals surface area contributed by atoms with Gasteiger partial charge in [0.15, 0.2) is 0 Å². The lowest BCUT2D eigenvalue weighted by Crippen LogP contribution is -2.16. The van der Waals surface area contributed by atoms with E-state index in [1.165, 1.54) is 24.3 Å². The lowest BCUT2D eigenvalue weighted by Gasteiger charge is -2.12. The molecule has 0 saturated carbocycles. The van der Waals surface area contributed by atoms with Crippen LogP contribution in [-0.2, 0) is 20.0 Å². The number of carbonyl (C=O) groups excluding carboxylic acids is 1. The number of benzene rings is 3. The molecule has 0 saturated heterocycles. The molecule has 10 heteroatoms. The van der Waals surface area contributed by atoms with Crippen LogP contribution in [0.4, 0.5) is 17.1 Å². The zero-order valence-electron chi connectivity index (χ0n) is 17.5. The minimum absolute atomic E-state index is 0.0290. The number of aryl methyl sites for hydroxylation is 1. The first kappa shape index (κ1) is 23.3. The fourth-order valence-corrected chi connectivity index (χ4v) is 4.57. The predicted octanol–water partition coefficient (Wildman–Crippen LogP) is 3.81. The van der Waals surface area contributed by atoms with Gasteiger partial charge < -0.3 is 5.32 Å². The Morgan fingerprint density at radius 2 is 1.47 bits per heavy atom. The largest absolute Gasteiger partial charge is 0.322 e. The van der Waals surface area contributed by atoms with Crippen molar-refractivity contribution in [1.82, 2.24) is 0 Å². The molecule has 32 heavy (non-hydrogen) atoms. The normalized spacial score (nSPS) is 11.6. The average Bonchev–Trinajstić information content (AvgIpc) is 2.76. The Morgan fingerprint density at radius 1 is 0.812 bits per heavy atom. The number of amides is 1. The molecule has 0 spiro atoms. The van der Waals surface area contributed by atoms with Gasteiger partial charge in [0.25, 0.3) is 15.9 Å². The first-order valence-corrected chi connectivity index (χ1v) is 12.8. The van der Waals surface area contributed by atoms with Crippen LogP contribution in [0.1, 0.15) is 22.8 Å². The van der Waals surface area contributed by atoms with E-state index >= 15 is 0 Å². The fraction of sp³-hybridized carbons (Fsp3) is 0.136. The number of anilines is 3. The summed E-state index contributed by atoms with van der Waals surface area (Å²) in [6.45, 7) is 3.27. The molecule has 0 radical (unpaired) electrons. The van der Waals surface area contributed by atoms with E-state index < -0.39 is 26.0 Å². The van der Waals surface area contributed by atoms with Gasteiger partial charge in [0.05, 0.1) is 16.3 Å². The summed E-state index contributed by atoms with van der Waals surface area (Å²) >= 11 is 0. The third kappa shape index (κ3) is 5.86. The highest BCUT2D eigenvalue weighted by Gasteiger charge is 2.16. The molecule has 0 heterocycles. The minimum atomic E-state index is -3.78. The zero-order chi connectivity index (χ0) is 23.4. The summed E-state index contributed by atoms with van der Waals surface area (Å²) in [4.78, 5) is 12.6. The number of hydrogen-bond donors (Lipinski definition) is 3. The molecule has 3 aromatic rings. The topological polar surface area (TPSA) is 121 Å². The second-order valence-electron chi connectivity index (χ2n) is 6.99. The lowest BCUT2D eigenvalue weighted by atomic mass is 10.1. The van der Waals surface area contributed by atoms with E-state index in [-0.39, 0.29) is 16.2 Å². The van der Waals surface area contributed by atoms with Crippen LogP contribution < -0.4 is 14.8 Å². The first-order chi connectivity index (χ1) is 15.1. The van der Waals surface area contributed by atoms with E-state index in [0.29, 0.717) is 22.6 Å². The van der Waals surface area contributed by atoms with Crippen LogP contribution in [0.15, 0.2) is 77.7 Å². The van der Waals surface area contributed by atoms with Crippen LogP contribution in [-0.4, -0.2) is 28.5 Å². The van der Waals surface area contributed by atoms with E-state index in [2.05, 4.69) is 14.8 Å². The maximum atomic E-state index is 12.5. The van der Waals surface area contributed by atoms with Crippen molar-refractivity contribution in [2.24, 2.45) is 0 Å². The number of nitrogens with one attached hydrogen (secondary N) is 3. The average molecular weight is 474 g/mol. The predicted molar refractivity (Wildman–Crippen MR) is 126 cm³/mol. The Hall–Kier alpha value is -3.37. The van der Waals surface area contributed by atoms with Gasteiger partial charge in [-0.05, 0) is 74.0 Å². The van der Waals surface area contributed by atoms with Crippen molar-refractivity contribution in [2.45, 2.75) is 18.7 Å². The highest BCUT2D eigenvalue weighted by molar-refractivity contribution is 7.93. The Labute approximate surface area is 187 Å². The van der Waals surface area contributed by atoms with Crippen molar-refractivity contribution in [2.75, 3.05) is 20.5 Å².